The SMILES string of the molecule is C=C(C1=Cc2ccccc2C1)c1cc2ccccc2s1. The van der Waals surface area contributed by atoms with E-state index in [0.29, 0.717) is 0 Å². The van der Waals surface area contributed by atoms with Gasteiger partial charge in [0.1, 0.15) is 0 Å². The Balaban J connectivity index is 1.72. The van der Waals surface area contributed by atoms with Crippen molar-refractivity contribution in [2.45, 2.75) is 6.42 Å². The molecule has 4 rings (SSSR count). The van der Waals surface area contributed by atoms with Crippen molar-refractivity contribution in [3.8, 4) is 0 Å². The Morgan fingerprint density at radius 3 is 2.65 bits per heavy atom. The predicted molar refractivity (Wildman–Crippen MR) is 89.0 cm³/mol. The maximum absolute atomic E-state index is 4.33. The third-order valence-corrected chi connectivity index (χ3v) is 5.05. The van der Waals surface area contributed by atoms with Gasteiger partial charge in [0.05, 0.1) is 0 Å². The van der Waals surface area contributed by atoms with E-state index in [1.54, 1.807) is 0 Å². The first-order chi connectivity index (χ1) is 9.81. The smallest absolute Gasteiger partial charge is 0.0352 e. The number of thiophene rings is 1. The molecule has 0 fully saturated rings. The van der Waals surface area contributed by atoms with Crippen LogP contribution >= 0.6 is 11.3 Å². The summed E-state index contributed by atoms with van der Waals surface area (Å²) in [5.41, 5.74) is 5.26. The molecule has 0 amide bonds. The standard InChI is InChI=1S/C19H14S/c1-13(17-10-14-6-2-3-7-15(14)11-17)19-12-16-8-4-5-9-18(16)20-19/h2-10,12H,1,11H2. The van der Waals surface area contributed by atoms with Crippen molar-refractivity contribution in [1.29, 1.82) is 0 Å². The van der Waals surface area contributed by atoms with Crippen LogP contribution < -0.4 is 0 Å². The van der Waals surface area contributed by atoms with E-state index in [0.717, 1.165) is 6.42 Å². The molecule has 1 heterocycles. The van der Waals surface area contributed by atoms with Gasteiger partial charge >= 0.3 is 0 Å². The first-order valence-electron chi connectivity index (χ1n) is 6.78. The van der Waals surface area contributed by atoms with Crippen LogP contribution in [-0.2, 0) is 6.42 Å². The van der Waals surface area contributed by atoms with Crippen molar-refractivity contribution in [3.05, 3.63) is 82.8 Å². The topological polar surface area (TPSA) is 0 Å². The molecule has 0 nitrogen and oxygen atoms in total. The van der Waals surface area contributed by atoms with Gasteiger partial charge in [-0.3, -0.25) is 0 Å². The quantitative estimate of drug-likeness (QED) is 0.574. The molecule has 0 saturated carbocycles. The minimum Gasteiger partial charge on any atom is -0.135 e. The number of hydrogen-bond acceptors (Lipinski definition) is 1. The normalized spacial score (nSPS) is 13.3. The second kappa shape index (κ2) is 4.46. The number of benzene rings is 2. The monoisotopic (exact) mass is 274 g/mol. The maximum atomic E-state index is 4.33. The fourth-order valence-corrected chi connectivity index (χ4v) is 3.83. The molecule has 0 spiro atoms. The Morgan fingerprint density at radius 2 is 1.80 bits per heavy atom. The van der Waals surface area contributed by atoms with Crippen molar-refractivity contribution in [2.75, 3.05) is 0 Å². The van der Waals surface area contributed by atoms with Gasteiger partial charge in [-0.1, -0.05) is 55.1 Å². The van der Waals surface area contributed by atoms with Crippen LogP contribution in [0, 0.1) is 0 Å². The van der Waals surface area contributed by atoms with Gasteiger partial charge in [-0.25, -0.2) is 0 Å². The summed E-state index contributed by atoms with van der Waals surface area (Å²) >= 11 is 1.83. The zero-order chi connectivity index (χ0) is 13.5. The van der Waals surface area contributed by atoms with Crippen LogP contribution in [0.15, 0.2) is 66.7 Å². The second-order valence-corrected chi connectivity index (χ2v) is 6.26. The summed E-state index contributed by atoms with van der Waals surface area (Å²) in [6.45, 7) is 4.33. The Bertz CT molecular complexity index is 816. The van der Waals surface area contributed by atoms with E-state index in [1.807, 2.05) is 11.3 Å². The van der Waals surface area contributed by atoms with Gasteiger partial charge in [-0.05, 0) is 46.2 Å². The average molecular weight is 274 g/mol. The lowest BCUT2D eigenvalue weighted by atomic mass is 10.0. The summed E-state index contributed by atoms with van der Waals surface area (Å²) in [5, 5.41) is 1.31. The molecule has 0 radical (unpaired) electrons. The average Bonchev–Trinajstić information content (AvgIpc) is 3.10. The van der Waals surface area contributed by atoms with Crippen molar-refractivity contribution >= 4 is 33.1 Å². The molecule has 1 aliphatic carbocycles. The van der Waals surface area contributed by atoms with E-state index in [-0.39, 0.29) is 0 Å². The highest BCUT2D eigenvalue weighted by molar-refractivity contribution is 7.20. The Morgan fingerprint density at radius 1 is 1.00 bits per heavy atom. The molecule has 20 heavy (non-hydrogen) atoms. The zero-order valence-corrected chi connectivity index (χ0v) is 11.9. The van der Waals surface area contributed by atoms with Crippen LogP contribution in [0.1, 0.15) is 16.0 Å². The van der Waals surface area contributed by atoms with Crippen LogP contribution in [-0.4, -0.2) is 0 Å². The largest absolute Gasteiger partial charge is 0.135 e. The Labute approximate surface area is 122 Å². The van der Waals surface area contributed by atoms with Gasteiger partial charge in [-0.15, -0.1) is 11.3 Å². The molecule has 1 heteroatoms. The summed E-state index contributed by atoms with van der Waals surface area (Å²) in [7, 11) is 0. The van der Waals surface area contributed by atoms with Crippen LogP contribution in [0.5, 0.6) is 0 Å². The lowest BCUT2D eigenvalue weighted by Crippen LogP contribution is -1.86. The van der Waals surface area contributed by atoms with Crippen molar-refractivity contribution < 1.29 is 0 Å². The number of allylic oxidation sites excluding steroid dienone is 2. The van der Waals surface area contributed by atoms with E-state index in [1.165, 1.54) is 37.2 Å². The molecule has 1 aromatic heterocycles. The van der Waals surface area contributed by atoms with Crippen molar-refractivity contribution in [2.24, 2.45) is 0 Å². The minimum atomic E-state index is 1.00. The molecule has 0 unspecified atom stereocenters. The highest BCUT2D eigenvalue weighted by Gasteiger charge is 2.16. The Kier molecular flexibility index (Phi) is 2.61. The molecule has 0 saturated heterocycles. The lowest BCUT2D eigenvalue weighted by molar-refractivity contribution is 1.26. The van der Waals surface area contributed by atoms with Crippen molar-refractivity contribution in [3.63, 3.8) is 0 Å². The lowest BCUT2D eigenvalue weighted by Gasteiger charge is -2.03. The molecule has 3 aromatic rings. The third-order valence-electron chi connectivity index (χ3n) is 3.88. The third kappa shape index (κ3) is 1.83. The highest BCUT2D eigenvalue weighted by atomic mass is 32.1. The van der Waals surface area contributed by atoms with Crippen molar-refractivity contribution in [1.82, 2.24) is 0 Å². The first-order valence-corrected chi connectivity index (χ1v) is 7.59. The molecule has 0 N–H and O–H groups in total. The van der Waals surface area contributed by atoms with Gasteiger partial charge in [0.2, 0.25) is 0 Å². The van der Waals surface area contributed by atoms with E-state index in [9.17, 15) is 0 Å². The van der Waals surface area contributed by atoms with E-state index in [2.05, 4.69) is 67.3 Å². The summed E-state index contributed by atoms with van der Waals surface area (Å²) in [5.74, 6) is 0. The van der Waals surface area contributed by atoms with E-state index >= 15 is 0 Å². The predicted octanol–water partition coefficient (Wildman–Crippen LogP) is 5.55. The molecule has 0 aliphatic heterocycles. The second-order valence-electron chi connectivity index (χ2n) is 5.17. The minimum absolute atomic E-state index is 1.00. The molecule has 96 valence electrons. The van der Waals surface area contributed by atoms with Gasteiger partial charge in [0, 0.05) is 9.58 Å². The molecule has 2 aromatic carbocycles. The maximum Gasteiger partial charge on any atom is 0.0352 e. The number of rotatable bonds is 2. The van der Waals surface area contributed by atoms with Crippen LogP contribution in [0.25, 0.3) is 21.7 Å². The summed E-state index contributed by atoms with van der Waals surface area (Å²) in [4.78, 5) is 1.28. The summed E-state index contributed by atoms with van der Waals surface area (Å²) in [6.07, 6.45) is 3.28. The van der Waals surface area contributed by atoms with Crippen LogP contribution in [0.4, 0.5) is 0 Å². The molecular weight excluding hydrogens is 260 g/mol. The summed E-state index contributed by atoms with van der Waals surface area (Å²) < 4.78 is 1.33. The van der Waals surface area contributed by atoms with E-state index < -0.39 is 0 Å². The zero-order valence-electron chi connectivity index (χ0n) is 11.1. The van der Waals surface area contributed by atoms with Gasteiger partial charge in [0.15, 0.2) is 0 Å². The highest BCUT2D eigenvalue weighted by Crippen LogP contribution is 2.37. The molecule has 1 aliphatic rings. The number of fused-ring (bicyclic) bond motifs is 2. The molecule has 0 atom stereocenters. The van der Waals surface area contributed by atoms with Gasteiger partial charge < -0.3 is 0 Å². The summed E-state index contributed by atoms with van der Waals surface area (Å²) in [6, 6.07) is 19.4. The van der Waals surface area contributed by atoms with Gasteiger partial charge in [-0.2, -0.15) is 0 Å². The fraction of sp³-hybridized carbons (Fsp3) is 0.0526. The Hall–Kier alpha value is -2.12. The van der Waals surface area contributed by atoms with Crippen LogP contribution in [0.2, 0.25) is 0 Å². The van der Waals surface area contributed by atoms with Gasteiger partial charge in [0.25, 0.3) is 0 Å². The first kappa shape index (κ1) is 11.7. The molecular formula is C19H14S. The fourth-order valence-electron chi connectivity index (χ4n) is 2.76. The number of hydrogen-bond donors (Lipinski definition) is 0. The van der Waals surface area contributed by atoms with E-state index in [4.69, 9.17) is 0 Å². The van der Waals surface area contributed by atoms with Crippen LogP contribution in [0.3, 0.4) is 0 Å². The molecule has 0 bridgehead atoms.